The highest BCUT2D eigenvalue weighted by molar-refractivity contribution is 5.96. The average molecular weight is 319 g/mol. The number of hydrogen-bond acceptors (Lipinski definition) is 5. The Morgan fingerprint density at radius 3 is 2.41 bits per heavy atom. The molecule has 0 radical (unpaired) electrons. The van der Waals surface area contributed by atoms with Crippen LogP contribution in [0.2, 0.25) is 0 Å². The quantitative estimate of drug-likeness (QED) is 0.661. The van der Waals surface area contributed by atoms with E-state index in [0.717, 1.165) is 6.20 Å². The Kier molecular flexibility index (Phi) is 5.38. The van der Waals surface area contributed by atoms with Crippen LogP contribution in [-0.2, 0) is 4.79 Å². The Morgan fingerprint density at radius 2 is 1.91 bits per heavy atom. The van der Waals surface area contributed by atoms with Crippen LogP contribution in [0.25, 0.3) is 0 Å². The van der Waals surface area contributed by atoms with Crippen LogP contribution in [-0.4, -0.2) is 47.0 Å². The number of aryl methyl sites for hydroxylation is 1. The summed E-state index contributed by atoms with van der Waals surface area (Å²) in [5, 5.41) is 3.68. The first-order valence-electron chi connectivity index (χ1n) is 5.85. The van der Waals surface area contributed by atoms with Gasteiger partial charge in [0.1, 0.15) is 17.9 Å². The number of hydrogen-bond donors (Lipinski definition) is 3. The van der Waals surface area contributed by atoms with Crippen LogP contribution in [0.15, 0.2) is 6.20 Å². The molecule has 0 aromatic carbocycles. The normalized spacial score (nSPS) is 10.9. The van der Waals surface area contributed by atoms with Crippen LogP contribution in [0.5, 0.6) is 0 Å². The Bertz CT molecular complexity index is 603. The van der Waals surface area contributed by atoms with E-state index in [-0.39, 0.29) is 17.1 Å². The van der Waals surface area contributed by atoms with Gasteiger partial charge in [0, 0.05) is 0 Å². The van der Waals surface area contributed by atoms with Gasteiger partial charge in [-0.2, -0.15) is 13.2 Å². The molecule has 120 valence electrons. The van der Waals surface area contributed by atoms with Gasteiger partial charge in [0.2, 0.25) is 5.91 Å². The molecule has 0 aliphatic rings. The van der Waals surface area contributed by atoms with Crippen LogP contribution >= 0.6 is 0 Å². The zero-order valence-electron chi connectivity index (χ0n) is 11.3. The molecule has 3 amide bonds. The number of nitrogens with two attached hydrogens (primary N) is 1. The van der Waals surface area contributed by atoms with Crippen molar-refractivity contribution in [2.45, 2.75) is 13.1 Å². The van der Waals surface area contributed by atoms with Gasteiger partial charge in [0.15, 0.2) is 0 Å². The Hall–Kier alpha value is -2.72. The molecule has 0 bridgehead atoms. The highest BCUT2D eigenvalue weighted by Gasteiger charge is 2.27. The standard InChI is InChI=1S/C11H12F3N5O3/c1-5-8(16-2-6(19-5)9(15)21)10(22)17-3-7(20)18-4-11(12,13)14/h2H,3-4H2,1H3,(H2,15,21)(H,17,22)(H,18,20). The van der Waals surface area contributed by atoms with Crippen LogP contribution in [0.1, 0.15) is 26.7 Å². The second-order valence-corrected chi connectivity index (χ2v) is 4.13. The molecule has 1 rings (SSSR count). The third-order valence-corrected chi connectivity index (χ3v) is 2.31. The number of halogens is 3. The molecule has 0 aliphatic heterocycles. The topological polar surface area (TPSA) is 127 Å². The summed E-state index contributed by atoms with van der Waals surface area (Å²) in [4.78, 5) is 41.1. The molecule has 0 atom stereocenters. The first-order valence-corrected chi connectivity index (χ1v) is 5.85. The van der Waals surface area contributed by atoms with Gasteiger partial charge < -0.3 is 16.4 Å². The summed E-state index contributed by atoms with van der Waals surface area (Å²) in [5.74, 6) is -2.65. The van der Waals surface area contributed by atoms with Crippen molar-refractivity contribution in [1.29, 1.82) is 0 Å². The number of carbonyl (C=O) groups excluding carboxylic acids is 3. The summed E-state index contributed by atoms with van der Waals surface area (Å²) in [5.41, 5.74) is 4.76. The van der Waals surface area contributed by atoms with Crippen molar-refractivity contribution in [3.63, 3.8) is 0 Å². The summed E-state index contributed by atoms with van der Waals surface area (Å²) in [6.07, 6.45) is -3.56. The van der Waals surface area contributed by atoms with Gasteiger partial charge in [0.25, 0.3) is 11.8 Å². The monoisotopic (exact) mass is 319 g/mol. The minimum Gasteiger partial charge on any atom is -0.364 e. The number of amides is 3. The maximum atomic E-state index is 11.9. The lowest BCUT2D eigenvalue weighted by molar-refractivity contribution is -0.137. The molecule has 0 spiro atoms. The number of carbonyl (C=O) groups is 3. The third kappa shape index (κ3) is 5.34. The maximum absolute atomic E-state index is 11.9. The van der Waals surface area contributed by atoms with Crippen molar-refractivity contribution in [3.8, 4) is 0 Å². The Morgan fingerprint density at radius 1 is 1.27 bits per heavy atom. The van der Waals surface area contributed by atoms with E-state index in [4.69, 9.17) is 5.73 Å². The van der Waals surface area contributed by atoms with Crippen LogP contribution < -0.4 is 16.4 Å². The average Bonchev–Trinajstić information content (AvgIpc) is 2.41. The van der Waals surface area contributed by atoms with E-state index in [1.165, 1.54) is 6.92 Å². The van der Waals surface area contributed by atoms with E-state index < -0.39 is 37.0 Å². The number of alkyl halides is 3. The van der Waals surface area contributed by atoms with Crippen molar-refractivity contribution in [3.05, 3.63) is 23.3 Å². The molecule has 11 heteroatoms. The van der Waals surface area contributed by atoms with E-state index in [2.05, 4.69) is 15.3 Å². The molecule has 0 fully saturated rings. The largest absolute Gasteiger partial charge is 0.405 e. The van der Waals surface area contributed by atoms with Crippen molar-refractivity contribution < 1.29 is 27.6 Å². The maximum Gasteiger partial charge on any atom is 0.405 e. The smallest absolute Gasteiger partial charge is 0.364 e. The van der Waals surface area contributed by atoms with Crippen LogP contribution in [0.3, 0.4) is 0 Å². The second kappa shape index (κ2) is 6.83. The molecule has 1 aromatic rings. The number of aromatic nitrogens is 2. The molecule has 8 nitrogen and oxygen atoms in total. The van der Waals surface area contributed by atoms with Crippen molar-refractivity contribution in [1.82, 2.24) is 20.6 Å². The first-order chi connectivity index (χ1) is 10.1. The van der Waals surface area contributed by atoms with E-state index >= 15 is 0 Å². The lowest BCUT2D eigenvalue weighted by Crippen LogP contribution is -2.41. The van der Waals surface area contributed by atoms with Gasteiger partial charge in [-0.3, -0.25) is 14.4 Å². The van der Waals surface area contributed by atoms with Crippen LogP contribution in [0, 0.1) is 6.92 Å². The number of nitrogens with zero attached hydrogens (tertiary/aromatic N) is 2. The summed E-state index contributed by atoms with van der Waals surface area (Å²) >= 11 is 0. The predicted octanol–water partition coefficient (Wildman–Crippen LogP) is -0.708. The number of rotatable bonds is 5. The summed E-state index contributed by atoms with van der Waals surface area (Å²) < 4.78 is 35.6. The summed E-state index contributed by atoms with van der Waals surface area (Å²) in [6.45, 7) is -0.764. The van der Waals surface area contributed by atoms with Gasteiger partial charge in [-0.05, 0) is 6.92 Å². The molecular formula is C11H12F3N5O3. The minimum atomic E-state index is -4.54. The van der Waals surface area contributed by atoms with E-state index in [0.29, 0.717) is 0 Å². The van der Waals surface area contributed by atoms with Crippen molar-refractivity contribution >= 4 is 17.7 Å². The molecule has 1 heterocycles. The van der Waals surface area contributed by atoms with Crippen molar-refractivity contribution in [2.24, 2.45) is 5.73 Å². The Balaban J connectivity index is 2.59. The fraction of sp³-hybridized carbons (Fsp3) is 0.364. The van der Waals surface area contributed by atoms with E-state index in [9.17, 15) is 27.6 Å². The molecule has 1 aromatic heterocycles. The molecule has 0 unspecified atom stereocenters. The van der Waals surface area contributed by atoms with Gasteiger partial charge in [-0.25, -0.2) is 9.97 Å². The molecule has 22 heavy (non-hydrogen) atoms. The lowest BCUT2D eigenvalue weighted by Gasteiger charge is -2.09. The SMILES string of the molecule is Cc1nc(C(N)=O)cnc1C(=O)NCC(=O)NCC(F)(F)F. The highest BCUT2D eigenvalue weighted by atomic mass is 19.4. The summed E-state index contributed by atoms with van der Waals surface area (Å²) in [6, 6.07) is 0. The lowest BCUT2D eigenvalue weighted by atomic mass is 10.3. The van der Waals surface area contributed by atoms with Gasteiger partial charge in [-0.1, -0.05) is 0 Å². The van der Waals surface area contributed by atoms with Crippen LogP contribution in [0.4, 0.5) is 13.2 Å². The molecule has 4 N–H and O–H groups in total. The number of nitrogens with one attached hydrogen (secondary N) is 2. The molecule has 0 saturated heterocycles. The zero-order valence-corrected chi connectivity index (χ0v) is 11.3. The van der Waals surface area contributed by atoms with Gasteiger partial charge >= 0.3 is 6.18 Å². The van der Waals surface area contributed by atoms with Gasteiger partial charge in [-0.15, -0.1) is 0 Å². The second-order valence-electron chi connectivity index (χ2n) is 4.13. The molecule has 0 aliphatic carbocycles. The van der Waals surface area contributed by atoms with E-state index in [1.54, 1.807) is 5.32 Å². The minimum absolute atomic E-state index is 0.0875. The fourth-order valence-electron chi connectivity index (χ4n) is 1.33. The van der Waals surface area contributed by atoms with Crippen molar-refractivity contribution in [2.75, 3.05) is 13.1 Å². The Labute approximate surface area is 122 Å². The molecular weight excluding hydrogens is 307 g/mol. The zero-order chi connectivity index (χ0) is 16.9. The summed E-state index contributed by atoms with van der Waals surface area (Å²) in [7, 11) is 0. The third-order valence-electron chi connectivity index (χ3n) is 2.31. The van der Waals surface area contributed by atoms with Gasteiger partial charge in [0.05, 0.1) is 18.4 Å². The highest BCUT2D eigenvalue weighted by Crippen LogP contribution is 2.11. The fourth-order valence-corrected chi connectivity index (χ4v) is 1.33. The first kappa shape index (κ1) is 17.3. The van der Waals surface area contributed by atoms with E-state index in [1.807, 2.05) is 0 Å². The number of primary amides is 1. The predicted molar refractivity (Wildman–Crippen MR) is 66.7 cm³/mol. The molecule has 0 saturated carbocycles.